The Morgan fingerprint density at radius 1 is 1.00 bits per heavy atom. The molecule has 0 amide bonds. The molecule has 0 unspecified atom stereocenters. The molecule has 0 bridgehead atoms. The molecule has 0 aliphatic rings. The van der Waals surface area contributed by atoms with Crippen LogP contribution in [0.4, 0.5) is 0 Å². The summed E-state index contributed by atoms with van der Waals surface area (Å²) in [6, 6.07) is 12.7. The van der Waals surface area contributed by atoms with Crippen molar-refractivity contribution < 1.29 is 5.11 Å². The molecule has 0 aliphatic carbocycles. The summed E-state index contributed by atoms with van der Waals surface area (Å²) < 4.78 is 0. The van der Waals surface area contributed by atoms with Crippen LogP contribution in [-0.4, -0.2) is 15.0 Å². The summed E-state index contributed by atoms with van der Waals surface area (Å²) in [6.07, 6.45) is 0. The molecular formula is C13H10N3O. The molecule has 0 N–H and O–H groups in total. The van der Waals surface area contributed by atoms with E-state index in [1.165, 1.54) is 4.80 Å². The van der Waals surface area contributed by atoms with Crippen molar-refractivity contribution in [2.45, 2.75) is 6.92 Å². The highest BCUT2D eigenvalue weighted by molar-refractivity contribution is 5.73. The van der Waals surface area contributed by atoms with Crippen molar-refractivity contribution in [3.05, 3.63) is 48.0 Å². The van der Waals surface area contributed by atoms with Crippen molar-refractivity contribution >= 4 is 11.0 Å². The minimum absolute atomic E-state index is 0.0732. The molecule has 0 spiro atoms. The Balaban J connectivity index is 2.23. The van der Waals surface area contributed by atoms with Crippen LogP contribution in [0.2, 0.25) is 0 Å². The van der Waals surface area contributed by atoms with Crippen LogP contribution >= 0.6 is 0 Å². The Kier molecular flexibility index (Phi) is 2.08. The molecule has 3 aromatic rings. The maximum atomic E-state index is 11.7. The third kappa shape index (κ3) is 1.63. The van der Waals surface area contributed by atoms with Gasteiger partial charge in [0.2, 0.25) is 5.75 Å². The first-order valence-electron chi connectivity index (χ1n) is 5.34. The molecule has 0 saturated carbocycles. The highest BCUT2D eigenvalue weighted by atomic mass is 16.3. The Morgan fingerprint density at radius 2 is 1.65 bits per heavy atom. The van der Waals surface area contributed by atoms with Gasteiger partial charge in [-0.3, -0.25) is 5.11 Å². The molecule has 17 heavy (non-hydrogen) atoms. The van der Waals surface area contributed by atoms with E-state index in [0.29, 0.717) is 5.69 Å². The topological polar surface area (TPSA) is 50.6 Å². The van der Waals surface area contributed by atoms with Crippen molar-refractivity contribution in [2.24, 2.45) is 0 Å². The second kappa shape index (κ2) is 3.59. The van der Waals surface area contributed by atoms with Gasteiger partial charge in [0.15, 0.2) is 0 Å². The van der Waals surface area contributed by atoms with Crippen LogP contribution < -0.4 is 0 Å². The summed E-state index contributed by atoms with van der Waals surface area (Å²) in [5.74, 6) is -0.0732. The lowest BCUT2D eigenvalue weighted by atomic mass is 10.2. The van der Waals surface area contributed by atoms with Crippen LogP contribution in [-0.2, 0) is 5.11 Å². The summed E-state index contributed by atoms with van der Waals surface area (Å²) in [5.41, 5.74) is 3.07. The lowest BCUT2D eigenvalue weighted by molar-refractivity contribution is 0.351. The first-order chi connectivity index (χ1) is 8.24. The number of fused-ring (bicyclic) bond motifs is 1. The zero-order chi connectivity index (χ0) is 11.8. The number of hydrogen-bond donors (Lipinski definition) is 0. The average Bonchev–Trinajstić information content (AvgIpc) is 2.75. The van der Waals surface area contributed by atoms with Crippen LogP contribution in [0.3, 0.4) is 0 Å². The lowest BCUT2D eigenvalue weighted by Gasteiger charge is -2.01. The molecule has 1 heterocycles. The van der Waals surface area contributed by atoms with Crippen molar-refractivity contribution in [1.29, 1.82) is 0 Å². The number of benzene rings is 2. The fourth-order valence-corrected chi connectivity index (χ4v) is 1.75. The standard InChI is InChI=1S/C13H10N3O/c1-9-6-7-13(17)12(8-9)16-14-10-4-2-3-5-11(10)15-16/h2-8H,1H3. The fraction of sp³-hybridized carbons (Fsp3) is 0.0769. The number of aryl methyl sites for hydroxylation is 1. The predicted molar refractivity (Wildman–Crippen MR) is 63.7 cm³/mol. The Morgan fingerprint density at radius 3 is 2.29 bits per heavy atom. The molecule has 4 heteroatoms. The van der Waals surface area contributed by atoms with Crippen molar-refractivity contribution in [3.63, 3.8) is 0 Å². The SMILES string of the molecule is Cc1ccc([O])c(-n2nc3ccccc3n2)c1. The highest BCUT2D eigenvalue weighted by Gasteiger charge is 2.09. The second-order valence-electron chi connectivity index (χ2n) is 3.95. The van der Waals surface area contributed by atoms with Gasteiger partial charge in [-0.15, -0.1) is 15.0 Å². The van der Waals surface area contributed by atoms with Gasteiger partial charge >= 0.3 is 0 Å². The zero-order valence-electron chi connectivity index (χ0n) is 9.29. The normalized spacial score (nSPS) is 10.9. The largest absolute Gasteiger partial charge is 0.287 e. The van der Waals surface area contributed by atoms with E-state index in [1.807, 2.05) is 31.2 Å². The lowest BCUT2D eigenvalue weighted by Crippen LogP contribution is -1.98. The molecule has 1 aromatic heterocycles. The minimum Gasteiger partial charge on any atom is -0.287 e. The summed E-state index contributed by atoms with van der Waals surface area (Å²) in [7, 11) is 0. The van der Waals surface area contributed by atoms with E-state index in [0.717, 1.165) is 16.6 Å². The molecule has 0 fully saturated rings. The van der Waals surface area contributed by atoms with E-state index in [1.54, 1.807) is 18.2 Å². The zero-order valence-corrected chi connectivity index (χ0v) is 9.29. The van der Waals surface area contributed by atoms with Gasteiger partial charge in [-0.05, 0) is 36.8 Å². The summed E-state index contributed by atoms with van der Waals surface area (Å²) in [6.45, 7) is 1.94. The molecular weight excluding hydrogens is 214 g/mol. The van der Waals surface area contributed by atoms with E-state index in [-0.39, 0.29) is 5.75 Å². The van der Waals surface area contributed by atoms with Gasteiger partial charge in [-0.1, -0.05) is 18.2 Å². The summed E-state index contributed by atoms with van der Waals surface area (Å²) >= 11 is 0. The van der Waals surface area contributed by atoms with E-state index < -0.39 is 0 Å². The fourth-order valence-electron chi connectivity index (χ4n) is 1.75. The van der Waals surface area contributed by atoms with Gasteiger partial charge in [0, 0.05) is 0 Å². The van der Waals surface area contributed by atoms with Crippen LogP contribution in [0.5, 0.6) is 5.75 Å². The van der Waals surface area contributed by atoms with Crippen molar-refractivity contribution in [3.8, 4) is 11.4 Å². The quantitative estimate of drug-likeness (QED) is 0.638. The number of nitrogens with zero attached hydrogens (tertiary/aromatic N) is 3. The van der Waals surface area contributed by atoms with Gasteiger partial charge in [0.25, 0.3) is 0 Å². The predicted octanol–water partition coefficient (Wildman–Crippen LogP) is 2.87. The van der Waals surface area contributed by atoms with Gasteiger partial charge in [0.05, 0.1) is 0 Å². The Hall–Kier alpha value is -2.36. The molecule has 83 valence electrons. The van der Waals surface area contributed by atoms with Gasteiger partial charge in [0.1, 0.15) is 16.7 Å². The Labute approximate surface area is 98.1 Å². The molecule has 3 rings (SSSR count). The monoisotopic (exact) mass is 224 g/mol. The number of rotatable bonds is 1. The number of aromatic nitrogens is 3. The van der Waals surface area contributed by atoms with Gasteiger partial charge in [-0.2, -0.15) is 0 Å². The molecule has 2 aromatic carbocycles. The Bertz CT molecular complexity index is 655. The van der Waals surface area contributed by atoms with E-state index in [4.69, 9.17) is 0 Å². The van der Waals surface area contributed by atoms with Crippen LogP contribution in [0, 0.1) is 6.92 Å². The van der Waals surface area contributed by atoms with Gasteiger partial charge < -0.3 is 0 Å². The first kappa shape index (κ1) is 9.84. The van der Waals surface area contributed by atoms with Gasteiger partial charge in [-0.25, -0.2) is 0 Å². The summed E-state index contributed by atoms with van der Waals surface area (Å²) in [4.78, 5) is 1.40. The third-order valence-electron chi connectivity index (χ3n) is 2.62. The minimum atomic E-state index is -0.0732. The number of hydrogen-bond acceptors (Lipinski definition) is 2. The average molecular weight is 224 g/mol. The smallest absolute Gasteiger partial charge is 0.206 e. The molecule has 4 nitrogen and oxygen atoms in total. The highest BCUT2D eigenvalue weighted by Crippen LogP contribution is 2.23. The molecule has 1 radical (unpaired) electrons. The molecule has 0 saturated heterocycles. The summed E-state index contributed by atoms with van der Waals surface area (Å²) in [5, 5.41) is 20.3. The first-order valence-corrected chi connectivity index (χ1v) is 5.34. The van der Waals surface area contributed by atoms with Crippen LogP contribution in [0.1, 0.15) is 5.56 Å². The van der Waals surface area contributed by atoms with Crippen molar-refractivity contribution in [1.82, 2.24) is 15.0 Å². The van der Waals surface area contributed by atoms with Crippen LogP contribution in [0.25, 0.3) is 16.7 Å². The molecule has 0 atom stereocenters. The van der Waals surface area contributed by atoms with Crippen molar-refractivity contribution in [2.75, 3.05) is 0 Å². The third-order valence-corrected chi connectivity index (χ3v) is 2.62. The maximum absolute atomic E-state index is 11.7. The van der Waals surface area contributed by atoms with E-state index >= 15 is 0 Å². The van der Waals surface area contributed by atoms with Crippen LogP contribution in [0.15, 0.2) is 42.5 Å². The molecule has 0 aliphatic heterocycles. The van der Waals surface area contributed by atoms with E-state index in [2.05, 4.69) is 10.2 Å². The second-order valence-corrected chi connectivity index (χ2v) is 3.95. The van der Waals surface area contributed by atoms with E-state index in [9.17, 15) is 5.11 Å². The maximum Gasteiger partial charge on any atom is 0.206 e.